The van der Waals surface area contributed by atoms with Gasteiger partial charge in [-0.2, -0.15) is 0 Å². The molecular formula is C6H11N3. The minimum Gasteiger partial charge on any atom is -0.369 e. The number of hydrogen-bond acceptors (Lipinski definition) is 2. The fourth-order valence-electron chi connectivity index (χ4n) is 0.789. The van der Waals surface area contributed by atoms with Gasteiger partial charge in [-0.05, 0) is 6.42 Å². The van der Waals surface area contributed by atoms with Crippen molar-refractivity contribution in [1.82, 2.24) is 9.55 Å². The summed E-state index contributed by atoms with van der Waals surface area (Å²) in [6.07, 6.45) is 2.79. The molecule has 0 fully saturated rings. The molecule has 0 aliphatic rings. The number of aryl methyl sites for hydroxylation is 1. The molecule has 0 aliphatic carbocycles. The van der Waals surface area contributed by atoms with Crippen LogP contribution in [-0.4, -0.2) is 9.55 Å². The molecule has 3 nitrogen and oxygen atoms in total. The van der Waals surface area contributed by atoms with E-state index in [4.69, 9.17) is 5.73 Å². The normalized spacial score (nSPS) is 10.0. The van der Waals surface area contributed by atoms with Gasteiger partial charge in [0.15, 0.2) is 5.95 Å². The second-order valence-electron chi connectivity index (χ2n) is 2.02. The van der Waals surface area contributed by atoms with Crippen molar-refractivity contribution < 1.29 is 0 Å². The fraction of sp³-hybridized carbons (Fsp3) is 0.500. The highest BCUT2D eigenvalue weighted by molar-refractivity contribution is 5.21. The van der Waals surface area contributed by atoms with Gasteiger partial charge in [0.25, 0.3) is 0 Å². The van der Waals surface area contributed by atoms with Gasteiger partial charge in [-0.25, -0.2) is 4.98 Å². The molecule has 0 saturated heterocycles. The summed E-state index contributed by atoms with van der Waals surface area (Å²) >= 11 is 0. The molecule has 0 bridgehead atoms. The van der Waals surface area contributed by atoms with Gasteiger partial charge in [-0.1, -0.05) is 6.92 Å². The van der Waals surface area contributed by atoms with E-state index in [-0.39, 0.29) is 0 Å². The molecule has 3 heteroatoms. The van der Waals surface area contributed by atoms with Crippen molar-refractivity contribution in [2.45, 2.75) is 13.3 Å². The van der Waals surface area contributed by atoms with Crippen LogP contribution in [0.25, 0.3) is 0 Å². The third kappa shape index (κ3) is 0.896. The van der Waals surface area contributed by atoms with Crippen LogP contribution in [0.1, 0.15) is 12.6 Å². The first-order valence-electron chi connectivity index (χ1n) is 3.01. The summed E-state index contributed by atoms with van der Waals surface area (Å²) in [6, 6.07) is 0. The first-order valence-corrected chi connectivity index (χ1v) is 3.01. The quantitative estimate of drug-likeness (QED) is 0.596. The Morgan fingerprint density at radius 3 is 2.67 bits per heavy atom. The molecular weight excluding hydrogens is 114 g/mol. The maximum Gasteiger partial charge on any atom is 0.200 e. The molecule has 9 heavy (non-hydrogen) atoms. The van der Waals surface area contributed by atoms with E-state index in [1.807, 2.05) is 11.6 Å². The van der Waals surface area contributed by atoms with E-state index in [1.54, 1.807) is 6.20 Å². The number of imidazole rings is 1. The Hall–Kier alpha value is -0.990. The zero-order valence-electron chi connectivity index (χ0n) is 5.76. The minimum absolute atomic E-state index is 0.590. The average molecular weight is 125 g/mol. The standard InChI is InChI=1S/C6H11N3/c1-3-5-4-8-6(7)9(5)2/h4H,3H2,1-2H3,(H2,7,8). The van der Waals surface area contributed by atoms with E-state index >= 15 is 0 Å². The number of nitrogens with zero attached hydrogens (tertiary/aromatic N) is 2. The van der Waals surface area contributed by atoms with E-state index in [0.29, 0.717) is 5.95 Å². The number of aromatic nitrogens is 2. The highest BCUT2D eigenvalue weighted by Gasteiger charge is 1.97. The molecule has 1 heterocycles. The fourth-order valence-corrected chi connectivity index (χ4v) is 0.789. The molecule has 0 aromatic carbocycles. The number of nitrogen functional groups attached to an aromatic ring is 1. The smallest absolute Gasteiger partial charge is 0.200 e. The molecule has 1 rings (SSSR count). The first kappa shape index (κ1) is 6.13. The van der Waals surface area contributed by atoms with Crippen molar-refractivity contribution >= 4 is 5.95 Å². The second-order valence-corrected chi connectivity index (χ2v) is 2.02. The van der Waals surface area contributed by atoms with Crippen LogP contribution in [0.3, 0.4) is 0 Å². The molecule has 50 valence electrons. The highest BCUT2D eigenvalue weighted by Crippen LogP contribution is 2.03. The monoisotopic (exact) mass is 125 g/mol. The van der Waals surface area contributed by atoms with Gasteiger partial charge in [-0.15, -0.1) is 0 Å². The summed E-state index contributed by atoms with van der Waals surface area (Å²) in [6.45, 7) is 2.08. The lowest BCUT2D eigenvalue weighted by Crippen LogP contribution is -1.99. The molecule has 0 atom stereocenters. The number of nitrogens with two attached hydrogens (primary N) is 1. The predicted molar refractivity (Wildman–Crippen MR) is 37.0 cm³/mol. The molecule has 0 radical (unpaired) electrons. The second kappa shape index (κ2) is 2.09. The number of rotatable bonds is 1. The molecule has 1 aromatic rings. The molecule has 2 N–H and O–H groups in total. The molecule has 0 amide bonds. The Balaban J connectivity index is 3.04. The average Bonchev–Trinajstić information content (AvgIpc) is 2.15. The van der Waals surface area contributed by atoms with E-state index in [9.17, 15) is 0 Å². The zero-order chi connectivity index (χ0) is 6.85. The van der Waals surface area contributed by atoms with Gasteiger partial charge >= 0.3 is 0 Å². The topological polar surface area (TPSA) is 43.8 Å². The van der Waals surface area contributed by atoms with Crippen LogP contribution in [0.4, 0.5) is 5.95 Å². The molecule has 0 unspecified atom stereocenters. The van der Waals surface area contributed by atoms with Crippen LogP contribution in [0.2, 0.25) is 0 Å². The zero-order valence-corrected chi connectivity index (χ0v) is 5.76. The van der Waals surface area contributed by atoms with E-state index in [0.717, 1.165) is 6.42 Å². The lowest BCUT2D eigenvalue weighted by molar-refractivity contribution is 0.845. The Morgan fingerprint density at radius 2 is 2.44 bits per heavy atom. The largest absolute Gasteiger partial charge is 0.369 e. The van der Waals surface area contributed by atoms with Crippen LogP contribution < -0.4 is 5.73 Å². The maximum absolute atomic E-state index is 5.47. The van der Waals surface area contributed by atoms with Gasteiger partial charge < -0.3 is 10.3 Å². The Labute approximate surface area is 54.5 Å². The summed E-state index contributed by atoms with van der Waals surface area (Å²) in [4.78, 5) is 3.93. The summed E-state index contributed by atoms with van der Waals surface area (Å²) in [5.41, 5.74) is 6.64. The third-order valence-corrected chi connectivity index (χ3v) is 1.48. The Morgan fingerprint density at radius 1 is 1.78 bits per heavy atom. The molecule has 0 spiro atoms. The summed E-state index contributed by atoms with van der Waals surface area (Å²) < 4.78 is 1.89. The van der Waals surface area contributed by atoms with Crippen molar-refractivity contribution in [2.24, 2.45) is 7.05 Å². The van der Waals surface area contributed by atoms with E-state index in [2.05, 4.69) is 11.9 Å². The van der Waals surface area contributed by atoms with Crippen LogP contribution in [0.5, 0.6) is 0 Å². The van der Waals surface area contributed by atoms with Gasteiger partial charge in [0, 0.05) is 12.7 Å². The van der Waals surface area contributed by atoms with Gasteiger partial charge in [0.2, 0.25) is 0 Å². The number of anilines is 1. The van der Waals surface area contributed by atoms with Gasteiger partial charge in [0.1, 0.15) is 0 Å². The maximum atomic E-state index is 5.47. The van der Waals surface area contributed by atoms with Crippen LogP contribution in [0, 0.1) is 0 Å². The molecule has 0 saturated carbocycles. The van der Waals surface area contributed by atoms with Crippen molar-refractivity contribution in [3.63, 3.8) is 0 Å². The van der Waals surface area contributed by atoms with Crippen molar-refractivity contribution in [3.05, 3.63) is 11.9 Å². The molecule has 1 aromatic heterocycles. The highest BCUT2D eigenvalue weighted by atomic mass is 15.1. The third-order valence-electron chi connectivity index (χ3n) is 1.48. The van der Waals surface area contributed by atoms with Gasteiger partial charge in [-0.3, -0.25) is 0 Å². The summed E-state index contributed by atoms with van der Waals surface area (Å²) in [7, 11) is 1.92. The van der Waals surface area contributed by atoms with E-state index < -0.39 is 0 Å². The van der Waals surface area contributed by atoms with Crippen LogP contribution >= 0.6 is 0 Å². The summed E-state index contributed by atoms with van der Waals surface area (Å²) in [5.74, 6) is 0.590. The Bertz CT molecular complexity index is 202. The summed E-state index contributed by atoms with van der Waals surface area (Å²) in [5, 5.41) is 0. The van der Waals surface area contributed by atoms with E-state index in [1.165, 1.54) is 5.69 Å². The Kier molecular flexibility index (Phi) is 1.42. The number of hydrogen-bond donors (Lipinski definition) is 1. The van der Waals surface area contributed by atoms with Crippen molar-refractivity contribution in [1.29, 1.82) is 0 Å². The van der Waals surface area contributed by atoms with Crippen LogP contribution in [-0.2, 0) is 13.5 Å². The SMILES string of the molecule is CCc1cnc(N)n1C. The van der Waals surface area contributed by atoms with Gasteiger partial charge in [0.05, 0.1) is 6.20 Å². The molecule has 0 aliphatic heterocycles. The van der Waals surface area contributed by atoms with Crippen LogP contribution in [0.15, 0.2) is 6.20 Å². The lowest BCUT2D eigenvalue weighted by Gasteiger charge is -1.97. The lowest BCUT2D eigenvalue weighted by atomic mass is 10.4. The minimum atomic E-state index is 0.590. The predicted octanol–water partition coefficient (Wildman–Crippen LogP) is 0.565. The van der Waals surface area contributed by atoms with Crippen molar-refractivity contribution in [3.8, 4) is 0 Å². The van der Waals surface area contributed by atoms with Crippen molar-refractivity contribution in [2.75, 3.05) is 5.73 Å². The first-order chi connectivity index (χ1) is 4.25.